The van der Waals surface area contributed by atoms with Crippen LogP contribution in [0.5, 0.6) is 5.75 Å². The van der Waals surface area contributed by atoms with Gasteiger partial charge in [0.15, 0.2) is 5.78 Å². The lowest BCUT2D eigenvalue weighted by atomic mass is 9.98. The molecule has 0 aliphatic heterocycles. The van der Waals surface area contributed by atoms with Gasteiger partial charge in [0.05, 0.1) is 19.6 Å². The van der Waals surface area contributed by atoms with Crippen LogP contribution >= 0.6 is 0 Å². The molecule has 0 bridgehead atoms. The molecular formula is C25H24N2O5. The lowest BCUT2D eigenvalue weighted by Crippen LogP contribution is -2.31. The number of aryl methyl sites for hydroxylation is 1. The number of nitrogens with zero attached hydrogens (tertiary/aromatic N) is 1. The molecule has 164 valence electrons. The Bertz CT molecular complexity index is 1170. The Hall–Kier alpha value is -4.00. The van der Waals surface area contributed by atoms with Crippen molar-refractivity contribution >= 4 is 17.7 Å². The summed E-state index contributed by atoms with van der Waals surface area (Å²) in [4.78, 5) is 40.7. The third-order valence-electron chi connectivity index (χ3n) is 5.10. The van der Waals surface area contributed by atoms with Crippen LogP contribution in [0.2, 0.25) is 0 Å². The van der Waals surface area contributed by atoms with Crippen molar-refractivity contribution in [2.45, 2.75) is 26.3 Å². The SMILES string of the molecule is COc1ccc(C(=O)N[C@@H](CC(=O)O)c2ccccc2C)nc1-c1cccc(C(C)=O)c1. The molecule has 7 heteroatoms. The summed E-state index contributed by atoms with van der Waals surface area (Å²) in [6, 6.07) is 16.6. The minimum Gasteiger partial charge on any atom is -0.494 e. The number of carboxylic acid groups (broad SMARTS) is 1. The number of ketones is 1. The molecule has 2 aromatic carbocycles. The van der Waals surface area contributed by atoms with Crippen LogP contribution in [0.15, 0.2) is 60.7 Å². The van der Waals surface area contributed by atoms with E-state index in [4.69, 9.17) is 4.74 Å². The van der Waals surface area contributed by atoms with E-state index in [9.17, 15) is 19.5 Å². The zero-order chi connectivity index (χ0) is 23.3. The molecule has 0 aliphatic carbocycles. The minimum absolute atomic E-state index is 0.0885. The Balaban J connectivity index is 1.96. The molecule has 1 amide bonds. The van der Waals surface area contributed by atoms with Gasteiger partial charge >= 0.3 is 5.97 Å². The largest absolute Gasteiger partial charge is 0.494 e. The third kappa shape index (κ3) is 5.18. The van der Waals surface area contributed by atoms with Crippen molar-refractivity contribution in [3.63, 3.8) is 0 Å². The summed E-state index contributed by atoms with van der Waals surface area (Å²) < 4.78 is 5.40. The third-order valence-corrected chi connectivity index (χ3v) is 5.10. The number of carbonyl (C=O) groups is 3. The van der Waals surface area contributed by atoms with E-state index in [1.807, 2.05) is 19.1 Å². The molecule has 3 rings (SSSR count). The van der Waals surface area contributed by atoms with E-state index in [1.165, 1.54) is 20.1 Å². The quantitative estimate of drug-likeness (QED) is 0.517. The number of hydrogen-bond donors (Lipinski definition) is 2. The van der Waals surface area contributed by atoms with Gasteiger partial charge in [-0.2, -0.15) is 0 Å². The van der Waals surface area contributed by atoms with Gasteiger partial charge in [-0.05, 0) is 43.2 Å². The average Bonchev–Trinajstić information content (AvgIpc) is 2.78. The maximum absolute atomic E-state index is 13.0. The number of benzene rings is 2. The topological polar surface area (TPSA) is 106 Å². The zero-order valence-electron chi connectivity index (χ0n) is 18.1. The normalized spacial score (nSPS) is 11.5. The zero-order valence-corrected chi connectivity index (χ0v) is 18.1. The van der Waals surface area contributed by atoms with Gasteiger partial charge in [0, 0.05) is 11.1 Å². The number of methoxy groups -OCH3 is 1. The van der Waals surface area contributed by atoms with Crippen LogP contribution in [0, 0.1) is 6.92 Å². The summed E-state index contributed by atoms with van der Waals surface area (Å²) in [5.74, 6) is -1.17. The number of aliphatic carboxylic acids is 1. The van der Waals surface area contributed by atoms with Crippen LogP contribution in [0.1, 0.15) is 51.4 Å². The molecule has 32 heavy (non-hydrogen) atoms. The Morgan fingerprint density at radius 1 is 1.06 bits per heavy atom. The Morgan fingerprint density at radius 2 is 1.81 bits per heavy atom. The van der Waals surface area contributed by atoms with Gasteiger partial charge < -0.3 is 15.2 Å². The van der Waals surface area contributed by atoms with Crippen LogP contribution in [0.3, 0.4) is 0 Å². The van der Waals surface area contributed by atoms with Crippen LogP contribution in [0.25, 0.3) is 11.3 Å². The van der Waals surface area contributed by atoms with Crippen LogP contribution in [-0.2, 0) is 4.79 Å². The summed E-state index contributed by atoms with van der Waals surface area (Å²) in [6.45, 7) is 3.34. The second kappa shape index (κ2) is 9.87. The molecule has 1 aromatic heterocycles. The van der Waals surface area contributed by atoms with Crippen LogP contribution < -0.4 is 10.1 Å². The Morgan fingerprint density at radius 3 is 2.47 bits per heavy atom. The maximum atomic E-state index is 13.0. The summed E-state index contributed by atoms with van der Waals surface area (Å²) in [5.41, 5.74) is 3.27. The molecule has 3 aromatic rings. The molecule has 1 heterocycles. The molecule has 0 saturated heterocycles. The number of nitrogens with one attached hydrogen (secondary N) is 1. The fraction of sp³-hybridized carbons (Fsp3) is 0.200. The van der Waals surface area contributed by atoms with E-state index >= 15 is 0 Å². The molecule has 7 nitrogen and oxygen atoms in total. The number of ether oxygens (including phenoxy) is 1. The number of hydrogen-bond acceptors (Lipinski definition) is 5. The first-order chi connectivity index (χ1) is 15.3. The monoisotopic (exact) mass is 432 g/mol. The van der Waals surface area contributed by atoms with E-state index in [1.54, 1.807) is 42.5 Å². The summed E-state index contributed by atoms with van der Waals surface area (Å²) in [6.07, 6.45) is -0.264. The second-order valence-electron chi connectivity index (χ2n) is 7.36. The Labute approximate surface area is 186 Å². The number of rotatable bonds is 8. The summed E-state index contributed by atoms with van der Waals surface area (Å²) in [5, 5.41) is 12.1. The molecule has 0 radical (unpaired) electrons. The first kappa shape index (κ1) is 22.7. The lowest BCUT2D eigenvalue weighted by Gasteiger charge is -2.19. The molecule has 2 N–H and O–H groups in total. The van der Waals surface area contributed by atoms with E-state index in [0.717, 1.165) is 11.1 Å². The van der Waals surface area contributed by atoms with Crippen molar-refractivity contribution in [1.29, 1.82) is 0 Å². The van der Waals surface area contributed by atoms with Crippen molar-refractivity contribution in [1.82, 2.24) is 10.3 Å². The minimum atomic E-state index is -1.03. The van der Waals surface area contributed by atoms with Gasteiger partial charge in [-0.1, -0.05) is 42.5 Å². The number of Topliss-reactive ketones (excluding diaryl/α,β-unsaturated/α-hetero) is 1. The number of carbonyl (C=O) groups excluding carboxylic acids is 2. The molecule has 0 unspecified atom stereocenters. The maximum Gasteiger partial charge on any atom is 0.305 e. The van der Waals surface area contributed by atoms with Gasteiger partial charge in [-0.15, -0.1) is 0 Å². The van der Waals surface area contributed by atoms with Gasteiger partial charge in [-0.3, -0.25) is 14.4 Å². The highest BCUT2D eigenvalue weighted by Crippen LogP contribution is 2.29. The number of amides is 1. The van der Waals surface area contributed by atoms with Crippen molar-refractivity contribution in [2.24, 2.45) is 0 Å². The highest BCUT2D eigenvalue weighted by molar-refractivity contribution is 5.96. The van der Waals surface area contributed by atoms with Crippen molar-refractivity contribution in [3.8, 4) is 17.0 Å². The highest BCUT2D eigenvalue weighted by atomic mass is 16.5. The van der Waals surface area contributed by atoms with Gasteiger partial charge in [0.1, 0.15) is 17.1 Å². The number of pyridine rings is 1. The molecule has 0 fully saturated rings. The van der Waals surface area contributed by atoms with Gasteiger partial charge in [0.2, 0.25) is 0 Å². The lowest BCUT2D eigenvalue weighted by molar-refractivity contribution is -0.137. The highest BCUT2D eigenvalue weighted by Gasteiger charge is 2.22. The van der Waals surface area contributed by atoms with Crippen molar-refractivity contribution in [3.05, 3.63) is 83.0 Å². The first-order valence-corrected chi connectivity index (χ1v) is 10.0. The first-order valence-electron chi connectivity index (χ1n) is 10.0. The summed E-state index contributed by atoms with van der Waals surface area (Å²) in [7, 11) is 1.50. The fourth-order valence-corrected chi connectivity index (χ4v) is 3.45. The predicted molar refractivity (Wildman–Crippen MR) is 120 cm³/mol. The Kier molecular flexibility index (Phi) is 7.00. The number of aromatic nitrogens is 1. The molecular weight excluding hydrogens is 408 g/mol. The molecule has 0 spiro atoms. The van der Waals surface area contributed by atoms with Crippen LogP contribution in [0.4, 0.5) is 0 Å². The smallest absolute Gasteiger partial charge is 0.305 e. The van der Waals surface area contributed by atoms with Gasteiger partial charge in [-0.25, -0.2) is 4.98 Å². The predicted octanol–water partition coefficient (Wildman–Crippen LogP) is 4.21. The average molecular weight is 432 g/mol. The fourth-order valence-electron chi connectivity index (χ4n) is 3.45. The summed E-state index contributed by atoms with van der Waals surface area (Å²) >= 11 is 0. The van der Waals surface area contributed by atoms with Gasteiger partial charge in [0.25, 0.3) is 5.91 Å². The van der Waals surface area contributed by atoms with E-state index in [-0.39, 0.29) is 17.9 Å². The molecule has 1 atom stereocenters. The second-order valence-corrected chi connectivity index (χ2v) is 7.36. The van der Waals surface area contributed by atoms with E-state index in [2.05, 4.69) is 10.3 Å². The van der Waals surface area contributed by atoms with E-state index < -0.39 is 17.9 Å². The van der Waals surface area contributed by atoms with Crippen LogP contribution in [-0.4, -0.2) is 34.9 Å². The molecule has 0 saturated carbocycles. The van der Waals surface area contributed by atoms with Crippen molar-refractivity contribution in [2.75, 3.05) is 7.11 Å². The van der Waals surface area contributed by atoms with Crippen molar-refractivity contribution < 1.29 is 24.2 Å². The van der Waals surface area contributed by atoms with E-state index in [0.29, 0.717) is 22.6 Å². The number of carboxylic acids is 1. The molecule has 0 aliphatic rings. The standard InChI is InChI=1S/C25H24N2O5/c1-15-7-4-5-10-19(15)21(14-23(29)30)27-25(31)20-11-12-22(32-3)24(26-20)18-9-6-8-17(13-18)16(2)28/h4-13,21H,14H2,1-3H3,(H,27,31)(H,29,30)/t21-/m0/s1.